The molecule has 2 N–H and O–H groups in total. The Bertz CT molecular complexity index is 371. The van der Waals surface area contributed by atoms with Crippen LogP contribution in [-0.4, -0.2) is 65.5 Å². The second-order valence-corrected chi connectivity index (χ2v) is 5.62. The number of hydrogen-bond acceptors (Lipinski definition) is 3. The summed E-state index contributed by atoms with van der Waals surface area (Å²) >= 11 is 0. The molecule has 0 spiro atoms. The van der Waals surface area contributed by atoms with Gasteiger partial charge < -0.3 is 20.2 Å². The second-order valence-electron chi connectivity index (χ2n) is 5.62. The molecule has 0 aromatic carbocycles. The van der Waals surface area contributed by atoms with Crippen LogP contribution in [-0.2, 0) is 9.59 Å². The van der Waals surface area contributed by atoms with E-state index in [4.69, 9.17) is 5.11 Å². The van der Waals surface area contributed by atoms with E-state index in [9.17, 15) is 14.4 Å². The first-order chi connectivity index (χ1) is 9.68. The number of likely N-dealkylation sites (N-methyl/N-ethyl adjacent to an activating group) is 1. The topological polar surface area (TPSA) is 90.0 Å². The summed E-state index contributed by atoms with van der Waals surface area (Å²) in [6.45, 7) is 7.71. The third kappa shape index (κ3) is 7.53. The van der Waals surface area contributed by atoms with E-state index in [1.54, 1.807) is 6.92 Å². The van der Waals surface area contributed by atoms with Crippen molar-refractivity contribution in [1.29, 1.82) is 0 Å². The van der Waals surface area contributed by atoms with Gasteiger partial charge in [0.25, 0.3) is 0 Å². The highest BCUT2D eigenvalue weighted by molar-refractivity contribution is 5.85. The third-order valence-corrected chi connectivity index (χ3v) is 3.09. The average Bonchev–Trinajstić information content (AvgIpc) is 2.40. The molecular formula is C14H27N3O4. The fourth-order valence-electron chi connectivity index (χ4n) is 1.65. The maximum atomic E-state index is 12.3. The van der Waals surface area contributed by atoms with Crippen LogP contribution in [0.25, 0.3) is 0 Å². The lowest BCUT2D eigenvalue weighted by Crippen LogP contribution is -2.50. The standard InChI is InChI=1S/C14H27N3O4/c1-6-11(4)17(9-13(19)20)14(21)16(5)8-12(18)15-7-10(2)3/h10-11H,6-9H2,1-5H3,(H,15,18)(H,19,20). The zero-order valence-corrected chi connectivity index (χ0v) is 13.5. The van der Waals surface area contributed by atoms with Crippen LogP contribution in [0.2, 0.25) is 0 Å². The highest BCUT2D eigenvalue weighted by atomic mass is 16.4. The molecule has 0 saturated carbocycles. The normalized spacial score (nSPS) is 11.9. The van der Waals surface area contributed by atoms with E-state index >= 15 is 0 Å². The molecule has 0 saturated heterocycles. The molecule has 0 bridgehead atoms. The number of rotatable bonds is 8. The highest BCUT2D eigenvalue weighted by Gasteiger charge is 2.25. The molecule has 0 radical (unpaired) electrons. The Labute approximate surface area is 126 Å². The zero-order chi connectivity index (χ0) is 16.6. The molecule has 0 aromatic heterocycles. The summed E-state index contributed by atoms with van der Waals surface area (Å²) in [5.74, 6) is -0.987. The summed E-state index contributed by atoms with van der Waals surface area (Å²) in [6, 6.07) is -0.652. The Morgan fingerprint density at radius 3 is 2.14 bits per heavy atom. The minimum atomic E-state index is -1.07. The Balaban J connectivity index is 4.62. The van der Waals surface area contributed by atoms with Crippen molar-refractivity contribution in [3.63, 3.8) is 0 Å². The number of carbonyl (C=O) groups excluding carboxylic acids is 2. The van der Waals surface area contributed by atoms with E-state index in [1.807, 2.05) is 20.8 Å². The summed E-state index contributed by atoms with van der Waals surface area (Å²) in [4.78, 5) is 37.3. The van der Waals surface area contributed by atoms with E-state index in [0.29, 0.717) is 18.9 Å². The van der Waals surface area contributed by atoms with Crippen LogP contribution in [0.15, 0.2) is 0 Å². The SMILES string of the molecule is CCC(C)N(CC(=O)O)C(=O)N(C)CC(=O)NCC(C)C. The van der Waals surface area contributed by atoms with Crippen molar-refractivity contribution in [2.45, 2.75) is 40.2 Å². The van der Waals surface area contributed by atoms with Gasteiger partial charge in [0.15, 0.2) is 0 Å². The van der Waals surface area contributed by atoms with Gasteiger partial charge in [-0.3, -0.25) is 9.59 Å². The van der Waals surface area contributed by atoms with Gasteiger partial charge in [-0.25, -0.2) is 4.79 Å². The summed E-state index contributed by atoms with van der Waals surface area (Å²) in [6.07, 6.45) is 0.645. The molecule has 21 heavy (non-hydrogen) atoms. The molecule has 0 aromatic rings. The Kier molecular flexibility index (Phi) is 8.42. The van der Waals surface area contributed by atoms with Gasteiger partial charge in [-0.2, -0.15) is 0 Å². The number of hydrogen-bond donors (Lipinski definition) is 2. The predicted molar refractivity (Wildman–Crippen MR) is 80.0 cm³/mol. The summed E-state index contributed by atoms with van der Waals surface area (Å²) in [7, 11) is 1.49. The first kappa shape index (κ1) is 19.2. The largest absolute Gasteiger partial charge is 0.480 e. The third-order valence-electron chi connectivity index (χ3n) is 3.09. The van der Waals surface area contributed by atoms with Crippen LogP contribution in [0.5, 0.6) is 0 Å². The molecule has 0 aliphatic heterocycles. The molecule has 3 amide bonds. The monoisotopic (exact) mass is 301 g/mol. The molecule has 1 unspecified atom stereocenters. The van der Waals surface area contributed by atoms with Crippen LogP contribution in [0.3, 0.4) is 0 Å². The van der Waals surface area contributed by atoms with Crippen molar-refractivity contribution in [1.82, 2.24) is 15.1 Å². The number of urea groups is 1. The first-order valence-corrected chi connectivity index (χ1v) is 7.19. The fraction of sp³-hybridized carbons (Fsp3) is 0.786. The Hall–Kier alpha value is -1.79. The quantitative estimate of drug-likeness (QED) is 0.699. The van der Waals surface area contributed by atoms with Gasteiger partial charge in [-0.15, -0.1) is 0 Å². The van der Waals surface area contributed by atoms with Crippen molar-refractivity contribution in [3.8, 4) is 0 Å². The number of carboxylic acid groups (broad SMARTS) is 1. The van der Waals surface area contributed by atoms with Crippen LogP contribution in [0, 0.1) is 5.92 Å². The van der Waals surface area contributed by atoms with Gasteiger partial charge in [-0.1, -0.05) is 20.8 Å². The maximum absolute atomic E-state index is 12.3. The van der Waals surface area contributed by atoms with Gasteiger partial charge in [0.2, 0.25) is 5.91 Å². The highest BCUT2D eigenvalue weighted by Crippen LogP contribution is 2.07. The Morgan fingerprint density at radius 1 is 1.14 bits per heavy atom. The van der Waals surface area contributed by atoms with Gasteiger partial charge in [-0.05, 0) is 19.3 Å². The van der Waals surface area contributed by atoms with Gasteiger partial charge >= 0.3 is 12.0 Å². The molecule has 7 nitrogen and oxygen atoms in total. The van der Waals surface area contributed by atoms with E-state index in [0.717, 1.165) is 0 Å². The molecule has 0 fully saturated rings. The number of aliphatic carboxylic acids is 1. The van der Waals surface area contributed by atoms with E-state index in [1.165, 1.54) is 16.8 Å². The first-order valence-electron chi connectivity index (χ1n) is 7.19. The van der Waals surface area contributed by atoms with Crippen LogP contribution in [0.4, 0.5) is 4.79 Å². The van der Waals surface area contributed by atoms with E-state index in [-0.39, 0.29) is 25.0 Å². The minimum absolute atomic E-state index is 0.0852. The maximum Gasteiger partial charge on any atom is 0.323 e. The van der Waals surface area contributed by atoms with Gasteiger partial charge in [0, 0.05) is 19.6 Å². The summed E-state index contributed by atoms with van der Waals surface area (Å²) < 4.78 is 0. The molecule has 122 valence electrons. The number of nitrogens with one attached hydrogen (secondary N) is 1. The van der Waals surface area contributed by atoms with Gasteiger partial charge in [0.05, 0.1) is 0 Å². The van der Waals surface area contributed by atoms with Crippen molar-refractivity contribution in [3.05, 3.63) is 0 Å². The molecule has 0 aliphatic carbocycles. The number of carbonyl (C=O) groups is 3. The molecule has 0 aliphatic rings. The number of amides is 3. The van der Waals surface area contributed by atoms with Crippen molar-refractivity contribution in [2.24, 2.45) is 5.92 Å². The fourth-order valence-corrected chi connectivity index (χ4v) is 1.65. The molecule has 0 heterocycles. The summed E-state index contributed by atoms with van der Waals surface area (Å²) in [5.41, 5.74) is 0. The average molecular weight is 301 g/mol. The van der Waals surface area contributed by atoms with Crippen molar-refractivity contribution in [2.75, 3.05) is 26.7 Å². The summed E-state index contributed by atoms with van der Waals surface area (Å²) in [5, 5.41) is 11.6. The predicted octanol–water partition coefficient (Wildman–Crippen LogP) is 0.996. The second kappa shape index (κ2) is 9.20. The lowest BCUT2D eigenvalue weighted by Gasteiger charge is -2.31. The lowest BCUT2D eigenvalue weighted by molar-refractivity contribution is -0.138. The van der Waals surface area contributed by atoms with Crippen LogP contribution >= 0.6 is 0 Å². The zero-order valence-electron chi connectivity index (χ0n) is 13.5. The smallest absolute Gasteiger partial charge is 0.323 e. The van der Waals surface area contributed by atoms with E-state index in [2.05, 4.69) is 5.32 Å². The minimum Gasteiger partial charge on any atom is -0.480 e. The molecule has 0 rings (SSSR count). The lowest BCUT2D eigenvalue weighted by atomic mass is 10.2. The number of nitrogens with zero attached hydrogens (tertiary/aromatic N) is 2. The van der Waals surface area contributed by atoms with Crippen LogP contribution < -0.4 is 5.32 Å². The number of carboxylic acids is 1. The molecule has 1 atom stereocenters. The van der Waals surface area contributed by atoms with Gasteiger partial charge in [0.1, 0.15) is 13.1 Å². The molecule has 7 heteroatoms. The molecular weight excluding hydrogens is 274 g/mol. The van der Waals surface area contributed by atoms with Crippen molar-refractivity contribution >= 4 is 17.9 Å². The van der Waals surface area contributed by atoms with Crippen LogP contribution in [0.1, 0.15) is 34.1 Å². The van der Waals surface area contributed by atoms with Crippen molar-refractivity contribution < 1.29 is 19.5 Å². The van der Waals surface area contributed by atoms with E-state index < -0.39 is 12.0 Å². The Morgan fingerprint density at radius 2 is 1.71 bits per heavy atom.